The van der Waals surface area contributed by atoms with Gasteiger partial charge >= 0.3 is 0 Å². The summed E-state index contributed by atoms with van der Waals surface area (Å²) in [6.45, 7) is 1.68. The first-order chi connectivity index (χ1) is 13.6. The summed E-state index contributed by atoms with van der Waals surface area (Å²) in [6.07, 6.45) is 6.62. The lowest BCUT2D eigenvalue weighted by atomic mass is 10.1. The first-order valence-corrected chi connectivity index (χ1v) is 8.93. The van der Waals surface area contributed by atoms with Crippen molar-refractivity contribution in [2.45, 2.75) is 19.3 Å². The molecule has 2 N–H and O–H groups in total. The number of hydrogen-bond acceptors (Lipinski definition) is 8. The Morgan fingerprint density at radius 2 is 2.04 bits per heavy atom. The van der Waals surface area contributed by atoms with Gasteiger partial charge in [-0.1, -0.05) is 9.89 Å². The second-order valence-corrected chi connectivity index (χ2v) is 6.45. The summed E-state index contributed by atoms with van der Waals surface area (Å²) in [5.41, 5.74) is 7.73. The minimum Gasteiger partial charge on any atom is -0.366 e. The van der Waals surface area contributed by atoms with E-state index >= 15 is 0 Å². The zero-order valence-corrected chi connectivity index (χ0v) is 15.0. The Kier molecular flexibility index (Phi) is 4.70. The van der Waals surface area contributed by atoms with Gasteiger partial charge in [0.15, 0.2) is 0 Å². The Labute approximate surface area is 160 Å². The van der Waals surface area contributed by atoms with E-state index in [1.807, 2.05) is 30.5 Å². The fraction of sp³-hybridized carbons (Fsp3) is 0.294. The number of nitrogens with zero attached hydrogens (tertiary/aromatic N) is 8. The van der Waals surface area contributed by atoms with Gasteiger partial charge in [0, 0.05) is 25.4 Å². The number of nitrogen functional groups attached to an aromatic ring is 1. The molecule has 1 saturated heterocycles. The monoisotopic (exact) mass is 381 g/mol. The minimum atomic E-state index is -0.327. The normalized spacial score (nSPS) is 14.6. The number of benzene rings is 1. The Morgan fingerprint density at radius 1 is 1.21 bits per heavy atom. The van der Waals surface area contributed by atoms with Crippen molar-refractivity contribution in [3.8, 4) is 5.69 Å². The molecule has 144 valence electrons. The van der Waals surface area contributed by atoms with Crippen LogP contribution in [0.3, 0.4) is 0 Å². The van der Waals surface area contributed by atoms with Crippen LogP contribution in [0.5, 0.6) is 0 Å². The van der Waals surface area contributed by atoms with Gasteiger partial charge in [-0.25, -0.2) is 0 Å². The van der Waals surface area contributed by atoms with E-state index in [2.05, 4.69) is 25.5 Å². The number of nitro benzene ring substituents is 1. The number of nitro groups is 1. The maximum atomic E-state index is 11.7. The standard InChI is InChI=1S/C17H19N9O2/c18-17-20-21-22-25(17)19-12-14-5-4-10-24(14)13-6-7-15(16(11-13)26(27)28)23-8-2-1-3-9-23/h4-7,10-12H,1-3,8-9H2,(H2,18,20,22). The summed E-state index contributed by atoms with van der Waals surface area (Å²) >= 11 is 0. The molecule has 0 atom stereocenters. The zero-order valence-electron chi connectivity index (χ0n) is 15.0. The van der Waals surface area contributed by atoms with E-state index in [1.165, 1.54) is 12.6 Å². The molecular formula is C17H19N9O2. The van der Waals surface area contributed by atoms with Crippen LogP contribution in [-0.2, 0) is 0 Å². The molecule has 0 saturated carbocycles. The van der Waals surface area contributed by atoms with Gasteiger partial charge in [-0.15, -0.1) is 0 Å². The topological polar surface area (TPSA) is 133 Å². The van der Waals surface area contributed by atoms with Gasteiger partial charge in [-0.05, 0) is 54.0 Å². The second kappa shape index (κ2) is 7.47. The molecule has 0 bridgehead atoms. The lowest BCUT2D eigenvalue weighted by molar-refractivity contribution is -0.384. The first kappa shape index (κ1) is 17.6. The van der Waals surface area contributed by atoms with Crippen molar-refractivity contribution in [3.63, 3.8) is 0 Å². The van der Waals surface area contributed by atoms with E-state index in [1.54, 1.807) is 10.6 Å². The van der Waals surface area contributed by atoms with Gasteiger partial charge in [0.1, 0.15) is 5.69 Å². The summed E-state index contributed by atoms with van der Waals surface area (Å²) in [6, 6.07) is 8.94. The quantitative estimate of drug-likeness (QED) is 0.405. The van der Waals surface area contributed by atoms with Gasteiger partial charge in [-0.3, -0.25) is 10.1 Å². The van der Waals surface area contributed by atoms with Crippen LogP contribution in [-0.4, -0.2) is 49.1 Å². The Morgan fingerprint density at radius 3 is 2.75 bits per heavy atom. The average molecular weight is 381 g/mol. The maximum Gasteiger partial charge on any atom is 0.294 e. The third-order valence-electron chi connectivity index (χ3n) is 4.69. The van der Waals surface area contributed by atoms with E-state index in [4.69, 9.17) is 5.73 Å². The summed E-state index contributed by atoms with van der Waals surface area (Å²) in [5.74, 6) is 0.0656. The first-order valence-electron chi connectivity index (χ1n) is 8.93. The number of rotatable bonds is 5. The van der Waals surface area contributed by atoms with E-state index in [0.717, 1.165) is 30.7 Å². The van der Waals surface area contributed by atoms with Crippen LogP contribution >= 0.6 is 0 Å². The largest absolute Gasteiger partial charge is 0.366 e. The molecule has 3 aromatic rings. The van der Waals surface area contributed by atoms with E-state index in [-0.39, 0.29) is 16.6 Å². The van der Waals surface area contributed by atoms with Crippen LogP contribution in [0.25, 0.3) is 5.69 Å². The molecule has 11 nitrogen and oxygen atoms in total. The highest BCUT2D eigenvalue weighted by atomic mass is 16.6. The van der Waals surface area contributed by atoms with Crippen molar-refractivity contribution in [2.24, 2.45) is 5.10 Å². The third kappa shape index (κ3) is 3.41. The molecule has 0 radical (unpaired) electrons. The smallest absolute Gasteiger partial charge is 0.294 e. The Hall–Kier alpha value is -3.76. The molecule has 0 aliphatic carbocycles. The molecule has 11 heteroatoms. The van der Waals surface area contributed by atoms with Crippen molar-refractivity contribution < 1.29 is 4.92 Å². The molecule has 0 unspecified atom stereocenters. The molecule has 1 aliphatic heterocycles. The van der Waals surface area contributed by atoms with E-state index in [0.29, 0.717) is 17.1 Å². The number of aromatic nitrogens is 5. The van der Waals surface area contributed by atoms with Gasteiger partial charge < -0.3 is 15.2 Å². The Bertz CT molecular complexity index is 1020. The van der Waals surface area contributed by atoms with Gasteiger partial charge in [-0.2, -0.15) is 5.10 Å². The SMILES string of the molecule is Nc1nnnn1N=Cc1cccn1-c1ccc(N2CCCCC2)c([N+](=O)[O-])c1. The highest BCUT2D eigenvalue weighted by molar-refractivity contribution is 5.79. The molecular weight excluding hydrogens is 362 g/mol. The number of tetrazole rings is 1. The van der Waals surface area contributed by atoms with Crippen molar-refractivity contribution in [3.05, 3.63) is 52.3 Å². The van der Waals surface area contributed by atoms with Crippen LogP contribution < -0.4 is 10.6 Å². The van der Waals surface area contributed by atoms with Crippen molar-refractivity contribution in [2.75, 3.05) is 23.7 Å². The predicted molar refractivity (Wildman–Crippen MR) is 104 cm³/mol. The molecule has 1 aromatic carbocycles. The fourth-order valence-corrected chi connectivity index (χ4v) is 3.33. The molecule has 28 heavy (non-hydrogen) atoms. The third-order valence-corrected chi connectivity index (χ3v) is 4.69. The van der Waals surface area contributed by atoms with Crippen molar-refractivity contribution in [1.82, 2.24) is 24.9 Å². The molecule has 1 aliphatic rings. The maximum absolute atomic E-state index is 11.7. The molecule has 0 amide bonds. The molecule has 4 rings (SSSR count). The average Bonchev–Trinajstić information content (AvgIpc) is 3.35. The lowest BCUT2D eigenvalue weighted by Crippen LogP contribution is -2.29. The minimum absolute atomic E-state index is 0.0656. The summed E-state index contributed by atoms with van der Waals surface area (Å²) < 4.78 is 1.80. The summed E-state index contributed by atoms with van der Waals surface area (Å²) in [4.78, 5) is 14.6. The van der Waals surface area contributed by atoms with Crippen molar-refractivity contribution in [1.29, 1.82) is 0 Å². The fourth-order valence-electron chi connectivity index (χ4n) is 3.33. The van der Waals surface area contributed by atoms with Crippen LogP contribution in [0.1, 0.15) is 25.0 Å². The van der Waals surface area contributed by atoms with Gasteiger partial charge in [0.25, 0.3) is 11.6 Å². The van der Waals surface area contributed by atoms with Crippen LogP contribution in [0.4, 0.5) is 17.3 Å². The summed E-state index contributed by atoms with van der Waals surface area (Å²) in [5, 5.41) is 26.4. The van der Waals surface area contributed by atoms with Crippen molar-refractivity contribution >= 4 is 23.5 Å². The highest BCUT2D eigenvalue weighted by Gasteiger charge is 2.22. The molecule has 1 fully saturated rings. The van der Waals surface area contributed by atoms with E-state index < -0.39 is 0 Å². The second-order valence-electron chi connectivity index (χ2n) is 6.45. The van der Waals surface area contributed by atoms with Crippen LogP contribution in [0, 0.1) is 10.1 Å². The highest BCUT2D eigenvalue weighted by Crippen LogP contribution is 2.32. The molecule has 2 aromatic heterocycles. The number of hydrogen-bond donors (Lipinski definition) is 1. The number of anilines is 2. The van der Waals surface area contributed by atoms with E-state index in [9.17, 15) is 10.1 Å². The van der Waals surface area contributed by atoms with Crippen LogP contribution in [0.2, 0.25) is 0 Å². The predicted octanol–water partition coefficient (Wildman–Crippen LogP) is 1.83. The van der Waals surface area contributed by atoms with Crippen LogP contribution in [0.15, 0.2) is 41.6 Å². The summed E-state index contributed by atoms with van der Waals surface area (Å²) in [7, 11) is 0. The number of nitrogens with two attached hydrogens (primary N) is 1. The molecule has 0 spiro atoms. The lowest BCUT2D eigenvalue weighted by Gasteiger charge is -2.28. The Balaban J connectivity index is 1.68. The molecule has 3 heterocycles. The van der Waals surface area contributed by atoms with Gasteiger partial charge in [0.2, 0.25) is 0 Å². The van der Waals surface area contributed by atoms with Gasteiger partial charge in [0.05, 0.1) is 22.5 Å². The zero-order chi connectivity index (χ0) is 19.5. The number of piperidine rings is 1.